The number of aliphatic carboxylic acids is 1. The van der Waals surface area contributed by atoms with Gasteiger partial charge in [-0.15, -0.1) is 0 Å². The van der Waals surface area contributed by atoms with E-state index in [2.05, 4.69) is 5.32 Å². The summed E-state index contributed by atoms with van der Waals surface area (Å²) in [5.41, 5.74) is 0. The minimum atomic E-state index is -0.818. The van der Waals surface area contributed by atoms with Gasteiger partial charge in [-0.05, 0) is 24.5 Å². The van der Waals surface area contributed by atoms with E-state index in [-0.39, 0.29) is 31.3 Å². The number of hydrogen-bond acceptors (Lipinski definition) is 3. The van der Waals surface area contributed by atoms with Crippen molar-refractivity contribution in [2.75, 3.05) is 13.2 Å². The second-order valence-corrected chi connectivity index (χ2v) is 5.28. The van der Waals surface area contributed by atoms with Crippen molar-refractivity contribution in [1.29, 1.82) is 0 Å². The van der Waals surface area contributed by atoms with Crippen molar-refractivity contribution in [3.63, 3.8) is 0 Å². The molecule has 116 valence electrons. The molecule has 0 aromatic heterocycles. The minimum absolute atomic E-state index is 0.118. The lowest BCUT2D eigenvalue weighted by molar-refractivity contribution is -0.137. The van der Waals surface area contributed by atoms with Gasteiger partial charge in [-0.25, -0.2) is 0 Å². The highest BCUT2D eigenvalue weighted by Crippen LogP contribution is 2.22. The number of benzene rings is 1. The quantitative estimate of drug-likeness (QED) is 0.735. The van der Waals surface area contributed by atoms with Gasteiger partial charge in [-0.2, -0.15) is 0 Å². The summed E-state index contributed by atoms with van der Waals surface area (Å²) in [5.74, 6) is -0.248. The molecule has 21 heavy (non-hydrogen) atoms. The van der Waals surface area contributed by atoms with Gasteiger partial charge < -0.3 is 15.2 Å². The van der Waals surface area contributed by atoms with E-state index in [4.69, 9.17) is 21.4 Å². The Kier molecular flexibility index (Phi) is 7.61. The molecule has 0 spiro atoms. The molecular formula is C15H20ClNO4. The predicted molar refractivity (Wildman–Crippen MR) is 80.6 cm³/mol. The van der Waals surface area contributed by atoms with Gasteiger partial charge in [0, 0.05) is 13.0 Å². The average molecular weight is 314 g/mol. The third kappa shape index (κ3) is 7.56. The number of para-hydroxylation sites is 1. The molecule has 0 fully saturated rings. The Hall–Kier alpha value is -1.75. The molecule has 0 bridgehead atoms. The molecule has 1 atom stereocenters. The van der Waals surface area contributed by atoms with Gasteiger partial charge in [-0.3, -0.25) is 9.59 Å². The Balaban J connectivity index is 2.17. The molecule has 1 amide bonds. The zero-order valence-corrected chi connectivity index (χ0v) is 12.7. The number of nitrogens with one attached hydrogen (secondary N) is 1. The largest absolute Gasteiger partial charge is 0.491 e. The third-order valence-electron chi connectivity index (χ3n) is 2.92. The fraction of sp³-hybridized carbons (Fsp3) is 0.467. The Bertz CT molecular complexity index is 478. The molecule has 1 aromatic carbocycles. The van der Waals surface area contributed by atoms with E-state index in [0.717, 1.165) is 0 Å². The van der Waals surface area contributed by atoms with Crippen LogP contribution in [0, 0.1) is 5.92 Å². The number of carboxylic acids is 1. The van der Waals surface area contributed by atoms with Crippen LogP contribution in [0.3, 0.4) is 0 Å². The molecule has 1 rings (SSSR count). The number of ether oxygens (including phenoxy) is 1. The van der Waals surface area contributed by atoms with E-state index in [0.29, 0.717) is 23.7 Å². The van der Waals surface area contributed by atoms with Crippen LogP contribution in [0.4, 0.5) is 0 Å². The molecular weight excluding hydrogens is 294 g/mol. The maximum atomic E-state index is 11.6. The van der Waals surface area contributed by atoms with Crippen LogP contribution in [-0.4, -0.2) is 30.1 Å². The first-order valence-corrected chi connectivity index (χ1v) is 7.22. The van der Waals surface area contributed by atoms with Crippen LogP contribution in [0.25, 0.3) is 0 Å². The van der Waals surface area contributed by atoms with Crippen molar-refractivity contribution >= 4 is 23.5 Å². The maximum Gasteiger partial charge on any atom is 0.303 e. The first-order chi connectivity index (χ1) is 9.99. The summed E-state index contributed by atoms with van der Waals surface area (Å²) in [6.45, 7) is 2.63. The van der Waals surface area contributed by atoms with Crippen LogP contribution < -0.4 is 10.1 Å². The second kappa shape index (κ2) is 9.23. The van der Waals surface area contributed by atoms with E-state index in [1.54, 1.807) is 18.2 Å². The normalized spacial score (nSPS) is 11.7. The molecule has 0 heterocycles. The van der Waals surface area contributed by atoms with Gasteiger partial charge in [0.15, 0.2) is 0 Å². The van der Waals surface area contributed by atoms with Gasteiger partial charge >= 0.3 is 5.97 Å². The number of hydrogen-bond donors (Lipinski definition) is 2. The van der Waals surface area contributed by atoms with Crippen LogP contribution in [-0.2, 0) is 9.59 Å². The van der Waals surface area contributed by atoms with Gasteiger partial charge in [0.05, 0.1) is 18.1 Å². The summed E-state index contributed by atoms with van der Waals surface area (Å²) in [7, 11) is 0. The fourth-order valence-corrected chi connectivity index (χ4v) is 1.85. The van der Waals surface area contributed by atoms with Crippen molar-refractivity contribution in [2.45, 2.75) is 26.2 Å². The topological polar surface area (TPSA) is 75.6 Å². The molecule has 0 aliphatic rings. The van der Waals surface area contributed by atoms with Gasteiger partial charge in [-0.1, -0.05) is 30.7 Å². The number of carbonyl (C=O) groups excluding carboxylic acids is 1. The molecule has 5 nitrogen and oxygen atoms in total. The zero-order valence-electron chi connectivity index (χ0n) is 12.0. The van der Waals surface area contributed by atoms with Crippen LogP contribution in [0.15, 0.2) is 24.3 Å². The Morgan fingerprint density at radius 3 is 2.71 bits per heavy atom. The highest BCUT2D eigenvalue weighted by molar-refractivity contribution is 6.32. The van der Waals surface area contributed by atoms with Crippen molar-refractivity contribution in [3.05, 3.63) is 29.3 Å². The molecule has 1 unspecified atom stereocenters. The monoisotopic (exact) mass is 313 g/mol. The summed E-state index contributed by atoms with van der Waals surface area (Å²) >= 11 is 5.93. The predicted octanol–water partition coefficient (Wildman–Crippen LogP) is 2.73. The van der Waals surface area contributed by atoms with E-state index < -0.39 is 5.97 Å². The molecule has 0 radical (unpaired) electrons. The lowest BCUT2D eigenvalue weighted by Gasteiger charge is -2.12. The highest BCUT2D eigenvalue weighted by Gasteiger charge is 2.08. The minimum Gasteiger partial charge on any atom is -0.491 e. The number of halogens is 1. The summed E-state index contributed by atoms with van der Waals surface area (Å²) in [6, 6.07) is 7.08. The number of rotatable bonds is 9. The summed E-state index contributed by atoms with van der Waals surface area (Å²) in [6.07, 6.45) is 0.898. The van der Waals surface area contributed by atoms with Crippen LogP contribution in [0.5, 0.6) is 5.75 Å². The first kappa shape index (κ1) is 17.3. The molecule has 0 aliphatic heterocycles. The standard InChI is InChI=1S/C15H20ClNO4/c1-11(6-7-15(19)20)10-17-14(18)8-9-21-13-5-3-2-4-12(13)16/h2-5,11H,6-10H2,1H3,(H,17,18)(H,19,20). The molecule has 0 aliphatic carbocycles. The molecule has 1 aromatic rings. The Morgan fingerprint density at radius 1 is 1.33 bits per heavy atom. The molecule has 2 N–H and O–H groups in total. The molecule has 6 heteroatoms. The zero-order chi connectivity index (χ0) is 15.7. The number of carboxylic acid groups (broad SMARTS) is 1. The maximum absolute atomic E-state index is 11.6. The SMILES string of the molecule is CC(CCC(=O)O)CNC(=O)CCOc1ccccc1Cl. The second-order valence-electron chi connectivity index (χ2n) is 4.87. The highest BCUT2D eigenvalue weighted by atomic mass is 35.5. The van der Waals surface area contributed by atoms with Gasteiger partial charge in [0.1, 0.15) is 5.75 Å². The van der Waals surface area contributed by atoms with Crippen molar-refractivity contribution in [2.24, 2.45) is 5.92 Å². The Morgan fingerprint density at radius 2 is 2.05 bits per heavy atom. The first-order valence-electron chi connectivity index (χ1n) is 6.85. The molecule has 0 saturated carbocycles. The third-order valence-corrected chi connectivity index (χ3v) is 3.23. The lowest BCUT2D eigenvalue weighted by atomic mass is 10.1. The van der Waals surface area contributed by atoms with E-state index >= 15 is 0 Å². The average Bonchev–Trinajstić information content (AvgIpc) is 2.45. The van der Waals surface area contributed by atoms with Gasteiger partial charge in [0.25, 0.3) is 0 Å². The summed E-state index contributed by atoms with van der Waals surface area (Å²) in [4.78, 5) is 22.1. The van der Waals surface area contributed by atoms with Crippen LogP contribution >= 0.6 is 11.6 Å². The van der Waals surface area contributed by atoms with Crippen molar-refractivity contribution < 1.29 is 19.4 Å². The number of carbonyl (C=O) groups is 2. The van der Waals surface area contributed by atoms with E-state index in [1.807, 2.05) is 13.0 Å². The summed E-state index contributed by atoms with van der Waals surface area (Å²) < 4.78 is 5.42. The van der Waals surface area contributed by atoms with Crippen molar-refractivity contribution in [3.8, 4) is 5.75 Å². The molecule has 0 saturated heterocycles. The van der Waals surface area contributed by atoms with Gasteiger partial charge in [0.2, 0.25) is 5.91 Å². The van der Waals surface area contributed by atoms with Crippen LogP contribution in [0.2, 0.25) is 5.02 Å². The van der Waals surface area contributed by atoms with Crippen molar-refractivity contribution in [1.82, 2.24) is 5.32 Å². The fourth-order valence-electron chi connectivity index (χ4n) is 1.66. The van der Waals surface area contributed by atoms with Crippen LogP contribution in [0.1, 0.15) is 26.2 Å². The lowest BCUT2D eigenvalue weighted by Crippen LogP contribution is -2.29. The Labute approximate surface area is 129 Å². The van der Waals surface area contributed by atoms with E-state index in [1.165, 1.54) is 0 Å². The van der Waals surface area contributed by atoms with E-state index in [9.17, 15) is 9.59 Å². The number of amides is 1. The summed E-state index contributed by atoms with van der Waals surface area (Å²) in [5, 5.41) is 11.8. The smallest absolute Gasteiger partial charge is 0.303 e.